The van der Waals surface area contributed by atoms with Crippen LogP contribution in [-0.4, -0.2) is 11.1 Å². The normalized spacial score (nSPS) is 12.0. The summed E-state index contributed by atoms with van der Waals surface area (Å²) in [5, 5.41) is 8.77. The van der Waals surface area contributed by atoms with Crippen molar-refractivity contribution in [2.45, 2.75) is 45.4 Å². The van der Waals surface area contributed by atoms with Gasteiger partial charge in [0, 0.05) is 6.42 Å². The molecule has 0 aliphatic heterocycles. The van der Waals surface area contributed by atoms with E-state index in [-0.39, 0.29) is 5.92 Å². The third kappa shape index (κ3) is 6.21. The zero-order chi connectivity index (χ0) is 10.1. The molecule has 1 atom stereocenters. The second-order valence-electron chi connectivity index (χ2n) is 3.29. The Morgan fingerprint density at radius 3 is 2.62 bits per heavy atom. The van der Waals surface area contributed by atoms with E-state index in [4.69, 9.17) is 11.5 Å². The van der Waals surface area contributed by atoms with Crippen LogP contribution < -0.4 is 0 Å². The minimum absolute atomic E-state index is 0.332. The number of carbonyl (C=O) groups is 1. The van der Waals surface area contributed by atoms with Crippen molar-refractivity contribution in [2.24, 2.45) is 5.92 Å². The SMILES string of the molecule is C#CC[C@H](CCCCCC)C(=O)O. The van der Waals surface area contributed by atoms with Crippen molar-refractivity contribution in [3.63, 3.8) is 0 Å². The zero-order valence-corrected chi connectivity index (χ0v) is 8.25. The largest absolute Gasteiger partial charge is 0.481 e. The highest BCUT2D eigenvalue weighted by Crippen LogP contribution is 2.14. The monoisotopic (exact) mass is 182 g/mol. The maximum Gasteiger partial charge on any atom is 0.307 e. The lowest BCUT2D eigenvalue weighted by molar-refractivity contribution is -0.141. The summed E-state index contributed by atoms with van der Waals surface area (Å²) >= 11 is 0. The Kier molecular flexibility index (Phi) is 7.10. The maximum absolute atomic E-state index is 10.7. The van der Waals surface area contributed by atoms with Crippen LogP contribution in [0.4, 0.5) is 0 Å². The predicted octanol–water partition coefficient (Wildman–Crippen LogP) is 2.68. The average Bonchev–Trinajstić information content (AvgIpc) is 2.10. The molecule has 0 aromatic carbocycles. The molecule has 0 spiro atoms. The molecule has 0 bridgehead atoms. The first kappa shape index (κ1) is 12.0. The van der Waals surface area contributed by atoms with Gasteiger partial charge in [0.05, 0.1) is 5.92 Å². The van der Waals surface area contributed by atoms with Crippen LogP contribution in [-0.2, 0) is 4.79 Å². The molecule has 0 saturated heterocycles. The molecule has 0 fully saturated rings. The molecular formula is C11H18O2. The first-order chi connectivity index (χ1) is 6.22. The van der Waals surface area contributed by atoms with Crippen molar-refractivity contribution in [3.05, 3.63) is 0 Å². The lowest BCUT2D eigenvalue weighted by Crippen LogP contribution is -2.12. The summed E-state index contributed by atoms with van der Waals surface area (Å²) in [4.78, 5) is 10.7. The number of aliphatic carboxylic acids is 1. The van der Waals surface area contributed by atoms with Gasteiger partial charge >= 0.3 is 5.97 Å². The van der Waals surface area contributed by atoms with Gasteiger partial charge in [-0.05, 0) is 6.42 Å². The van der Waals surface area contributed by atoms with E-state index in [1.807, 2.05) is 0 Å². The Hall–Kier alpha value is -0.970. The lowest BCUT2D eigenvalue weighted by Gasteiger charge is -2.07. The Morgan fingerprint density at radius 2 is 2.15 bits per heavy atom. The fraction of sp³-hybridized carbons (Fsp3) is 0.727. The first-order valence-electron chi connectivity index (χ1n) is 4.88. The summed E-state index contributed by atoms with van der Waals surface area (Å²) in [6.07, 6.45) is 10.6. The van der Waals surface area contributed by atoms with Gasteiger partial charge in [-0.15, -0.1) is 12.3 Å². The Balaban J connectivity index is 3.58. The van der Waals surface area contributed by atoms with Crippen LogP contribution in [0.15, 0.2) is 0 Å². The number of hydrogen-bond donors (Lipinski definition) is 1. The molecule has 0 unspecified atom stereocenters. The van der Waals surface area contributed by atoms with Crippen molar-refractivity contribution < 1.29 is 9.90 Å². The summed E-state index contributed by atoms with van der Waals surface area (Å²) in [7, 11) is 0. The molecule has 0 heterocycles. The predicted molar refractivity (Wildman–Crippen MR) is 53.3 cm³/mol. The highest BCUT2D eigenvalue weighted by atomic mass is 16.4. The number of carboxylic acids is 1. The van der Waals surface area contributed by atoms with Crippen molar-refractivity contribution in [1.29, 1.82) is 0 Å². The zero-order valence-electron chi connectivity index (χ0n) is 8.25. The number of carboxylic acid groups (broad SMARTS) is 1. The lowest BCUT2D eigenvalue weighted by atomic mass is 9.98. The molecule has 13 heavy (non-hydrogen) atoms. The van der Waals surface area contributed by atoms with Gasteiger partial charge in [-0.25, -0.2) is 0 Å². The first-order valence-corrected chi connectivity index (χ1v) is 4.88. The highest BCUT2D eigenvalue weighted by molar-refractivity contribution is 5.70. The molecule has 74 valence electrons. The molecule has 0 aliphatic carbocycles. The van der Waals surface area contributed by atoms with Crippen molar-refractivity contribution in [2.75, 3.05) is 0 Å². The molecule has 1 N–H and O–H groups in total. The van der Waals surface area contributed by atoms with E-state index in [0.717, 1.165) is 19.3 Å². The Bertz CT molecular complexity index is 179. The van der Waals surface area contributed by atoms with Gasteiger partial charge in [-0.2, -0.15) is 0 Å². The van der Waals surface area contributed by atoms with E-state index in [1.54, 1.807) is 0 Å². The maximum atomic E-state index is 10.7. The molecular weight excluding hydrogens is 164 g/mol. The minimum atomic E-state index is -0.755. The van der Waals surface area contributed by atoms with Crippen LogP contribution in [0.2, 0.25) is 0 Å². The minimum Gasteiger partial charge on any atom is -0.481 e. The molecule has 2 heteroatoms. The summed E-state index contributed by atoms with van der Waals surface area (Å²) in [6, 6.07) is 0. The van der Waals surface area contributed by atoms with E-state index in [1.165, 1.54) is 12.8 Å². The van der Waals surface area contributed by atoms with Crippen LogP contribution in [0, 0.1) is 18.3 Å². The molecule has 0 saturated carbocycles. The quantitative estimate of drug-likeness (QED) is 0.485. The van der Waals surface area contributed by atoms with Crippen LogP contribution in [0.3, 0.4) is 0 Å². The van der Waals surface area contributed by atoms with Gasteiger partial charge in [-0.1, -0.05) is 32.6 Å². The fourth-order valence-electron chi connectivity index (χ4n) is 1.27. The molecule has 0 aliphatic rings. The third-order valence-electron chi connectivity index (χ3n) is 2.12. The van der Waals surface area contributed by atoms with Gasteiger partial charge in [0.1, 0.15) is 0 Å². The molecule has 0 aromatic heterocycles. The second kappa shape index (κ2) is 7.67. The van der Waals surface area contributed by atoms with Crippen LogP contribution >= 0.6 is 0 Å². The molecule has 0 aromatic rings. The van der Waals surface area contributed by atoms with Gasteiger partial charge < -0.3 is 5.11 Å². The van der Waals surface area contributed by atoms with Crippen molar-refractivity contribution >= 4 is 5.97 Å². The smallest absolute Gasteiger partial charge is 0.307 e. The fourth-order valence-corrected chi connectivity index (χ4v) is 1.27. The summed E-state index contributed by atoms with van der Waals surface area (Å²) in [5.41, 5.74) is 0. The summed E-state index contributed by atoms with van der Waals surface area (Å²) in [6.45, 7) is 2.14. The summed E-state index contributed by atoms with van der Waals surface area (Å²) in [5.74, 6) is 1.32. The number of terminal acetylenes is 1. The average molecular weight is 182 g/mol. The van der Waals surface area contributed by atoms with Gasteiger partial charge in [0.25, 0.3) is 0 Å². The van der Waals surface area contributed by atoms with Gasteiger partial charge in [0.2, 0.25) is 0 Å². The highest BCUT2D eigenvalue weighted by Gasteiger charge is 2.14. The van der Waals surface area contributed by atoms with Crippen LogP contribution in [0.5, 0.6) is 0 Å². The molecule has 2 nitrogen and oxygen atoms in total. The van der Waals surface area contributed by atoms with Crippen molar-refractivity contribution in [1.82, 2.24) is 0 Å². The van der Waals surface area contributed by atoms with E-state index >= 15 is 0 Å². The Labute approximate surface area is 80.3 Å². The topological polar surface area (TPSA) is 37.3 Å². The molecule has 0 radical (unpaired) electrons. The van der Waals surface area contributed by atoms with E-state index in [2.05, 4.69) is 12.8 Å². The van der Waals surface area contributed by atoms with Gasteiger partial charge in [0.15, 0.2) is 0 Å². The number of rotatable bonds is 7. The summed E-state index contributed by atoms with van der Waals surface area (Å²) < 4.78 is 0. The van der Waals surface area contributed by atoms with E-state index in [0.29, 0.717) is 6.42 Å². The number of unbranched alkanes of at least 4 members (excludes halogenated alkanes) is 3. The van der Waals surface area contributed by atoms with Crippen molar-refractivity contribution in [3.8, 4) is 12.3 Å². The van der Waals surface area contributed by atoms with Crippen LogP contribution in [0.25, 0.3) is 0 Å². The van der Waals surface area contributed by atoms with Gasteiger partial charge in [-0.3, -0.25) is 4.79 Å². The molecule has 0 amide bonds. The van der Waals surface area contributed by atoms with Crippen LogP contribution in [0.1, 0.15) is 45.4 Å². The number of hydrogen-bond acceptors (Lipinski definition) is 1. The second-order valence-corrected chi connectivity index (χ2v) is 3.29. The third-order valence-corrected chi connectivity index (χ3v) is 2.12. The molecule has 0 rings (SSSR count). The Morgan fingerprint density at radius 1 is 1.46 bits per heavy atom. The van der Waals surface area contributed by atoms with E-state index < -0.39 is 5.97 Å². The standard InChI is InChI=1S/C11H18O2/c1-3-5-6-7-9-10(8-4-2)11(12)13/h2,10H,3,5-9H2,1H3,(H,12,13)/t10-/m1/s1. The van der Waals surface area contributed by atoms with E-state index in [9.17, 15) is 4.79 Å².